The van der Waals surface area contributed by atoms with Crippen molar-refractivity contribution in [1.82, 2.24) is 5.32 Å². The topological polar surface area (TPSA) is 21.3 Å². The normalized spacial score (nSPS) is 18.6. The lowest BCUT2D eigenvalue weighted by Crippen LogP contribution is -2.22. The average Bonchev–Trinajstić information content (AvgIpc) is 2.93. The van der Waals surface area contributed by atoms with Gasteiger partial charge in [-0.25, -0.2) is 0 Å². The van der Waals surface area contributed by atoms with Crippen LogP contribution in [0.5, 0.6) is 5.75 Å². The summed E-state index contributed by atoms with van der Waals surface area (Å²) in [5, 5.41) is 4.39. The van der Waals surface area contributed by atoms with Gasteiger partial charge in [0.05, 0.1) is 6.61 Å². The first-order chi connectivity index (χ1) is 9.74. The van der Waals surface area contributed by atoms with Gasteiger partial charge in [0.25, 0.3) is 0 Å². The summed E-state index contributed by atoms with van der Waals surface area (Å²) in [5.74, 6) is 3.03. The zero-order chi connectivity index (χ0) is 14.2. The number of ether oxygens (including phenoxy) is 1. The van der Waals surface area contributed by atoms with Crippen molar-refractivity contribution in [3.05, 3.63) is 29.8 Å². The molecule has 0 saturated carbocycles. The summed E-state index contributed by atoms with van der Waals surface area (Å²) < 4.78 is 5.73. The molecule has 1 fully saturated rings. The van der Waals surface area contributed by atoms with Crippen molar-refractivity contribution >= 4 is 11.8 Å². The molecule has 0 spiro atoms. The molecule has 0 radical (unpaired) electrons. The lowest BCUT2D eigenvalue weighted by atomic mass is 10.1. The second kappa shape index (κ2) is 8.58. The van der Waals surface area contributed by atoms with E-state index < -0.39 is 0 Å². The molecule has 1 aromatic carbocycles. The van der Waals surface area contributed by atoms with Crippen LogP contribution in [0.1, 0.15) is 38.7 Å². The molecule has 2 rings (SSSR count). The molecule has 1 aliphatic rings. The lowest BCUT2D eigenvalue weighted by Gasteiger charge is -2.11. The van der Waals surface area contributed by atoms with Crippen LogP contribution >= 0.6 is 11.8 Å². The van der Waals surface area contributed by atoms with Gasteiger partial charge in [-0.05, 0) is 48.6 Å². The van der Waals surface area contributed by atoms with Crippen molar-refractivity contribution in [3.63, 3.8) is 0 Å². The number of nitrogens with one attached hydrogen (secondary N) is 1. The summed E-state index contributed by atoms with van der Waals surface area (Å²) in [4.78, 5) is 0. The Balaban J connectivity index is 1.65. The first-order valence-corrected chi connectivity index (χ1v) is 8.83. The molecular weight excluding hydrogens is 266 g/mol. The predicted octanol–water partition coefficient (Wildman–Crippen LogP) is 4.10. The van der Waals surface area contributed by atoms with E-state index in [2.05, 4.69) is 55.2 Å². The fourth-order valence-electron chi connectivity index (χ4n) is 2.30. The van der Waals surface area contributed by atoms with Gasteiger partial charge < -0.3 is 10.1 Å². The number of hydrogen-bond donors (Lipinski definition) is 1. The van der Waals surface area contributed by atoms with Crippen LogP contribution in [0.15, 0.2) is 24.3 Å². The summed E-state index contributed by atoms with van der Waals surface area (Å²) in [6.45, 7) is 7.36. The summed E-state index contributed by atoms with van der Waals surface area (Å²) in [5.41, 5.74) is 1.34. The lowest BCUT2D eigenvalue weighted by molar-refractivity contribution is 0.289. The van der Waals surface area contributed by atoms with Crippen molar-refractivity contribution in [2.75, 3.05) is 18.9 Å². The Morgan fingerprint density at radius 2 is 2.10 bits per heavy atom. The monoisotopic (exact) mass is 293 g/mol. The van der Waals surface area contributed by atoms with E-state index in [1.165, 1.54) is 24.2 Å². The van der Waals surface area contributed by atoms with Gasteiger partial charge in [0.1, 0.15) is 5.75 Å². The van der Waals surface area contributed by atoms with E-state index in [0.29, 0.717) is 5.92 Å². The minimum absolute atomic E-state index is 0.701. The van der Waals surface area contributed by atoms with Crippen LogP contribution in [0.4, 0.5) is 0 Å². The number of hydrogen-bond acceptors (Lipinski definition) is 3. The summed E-state index contributed by atoms with van der Waals surface area (Å²) in [6, 6.07) is 8.50. The van der Waals surface area contributed by atoms with E-state index >= 15 is 0 Å². The molecule has 1 aliphatic heterocycles. The quantitative estimate of drug-likeness (QED) is 0.780. The highest BCUT2D eigenvalue weighted by molar-refractivity contribution is 8.00. The third kappa shape index (κ3) is 5.76. The Bertz CT molecular complexity index is 371. The summed E-state index contributed by atoms with van der Waals surface area (Å²) >= 11 is 2.11. The molecule has 1 heterocycles. The van der Waals surface area contributed by atoms with Gasteiger partial charge in [-0.3, -0.25) is 0 Å². The third-order valence-corrected chi connectivity index (χ3v) is 5.01. The van der Waals surface area contributed by atoms with Crippen LogP contribution in [0, 0.1) is 5.92 Å². The first-order valence-electron chi connectivity index (χ1n) is 7.78. The van der Waals surface area contributed by atoms with Crippen LogP contribution in [0.2, 0.25) is 0 Å². The van der Waals surface area contributed by atoms with E-state index in [4.69, 9.17) is 4.74 Å². The first kappa shape index (κ1) is 15.7. The molecule has 1 unspecified atom stereocenters. The molecule has 0 aromatic heterocycles. The smallest absolute Gasteiger partial charge is 0.119 e. The molecular formula is C17H27NOS. The van der Waals surface area contributed by atoms with Gasteiger partial charge >= 0.3 is 0 Å². The van der Waals surface area contributed by atoms with E-state index in [1.54, 1.807) is 0 Å². The van der Waals surface area contributed by atoms with E-state index in [0.717, 1.165) is 37.1 Å². The van der Waals surface area contributed by atoms with Crippen molar-refractivity contribution < 1.29 is 4.74 Å². The highest BCUT2D eigenvalue weighted by Gasteiger charge is 2.14. The Kier molecular flexibility index (Phi) is 6.74. The average molecular weight is 293 g/mol. The van der Waals surface area contributed by atoms with Crippen molar-refractivity contribution in [1.29, 1.82) is 0 Å². The van der Waals surface area contributed by atoms with E-state index in [-0.39, 0.29) is 0 Å². The number of benzene rings is 1. The van der Waals surface area contributed by atoms with Gasteiger partial charge in [0.2, 0.25) is 0 Å². The maximum Gasteiger partial charge on any atom is 0.119 e. The second-order valence-corrected chi connectivity index (χ2v) is 7.35. The number of rotatable bonds is 8. The molecule has 3 heteroatoms. The Morgan fingerprint density at radius 3 is 2.75 bits per heavy atom. The largest absolute Gasteiger partial charge is 0.494 e. The standard InChI is InChI=1S/C17H27NOS/c1-14(2)9-10-19-16-7-5-15(6-8-16)12-18-13-17-4-3-11-20-17/h5-8,14,17-18H,3-4,9-13H2,1-2H3. The van der Waals surface area contributed by atoms with Crippen molar-refractivity contribution in [2.24, 2.45) is 5.92 Å². The molecule has 20 heavy (non-hydrogen) atoms. The van der Waals surface area contributed by atoms with Gasteiger partial charge in [0, 0.05) is 18.3 Å². The Labute approximate surface area is 127 Å². The van der Waals surface area contributed by atoms with E-state index in [1.807, 2.05) is 0 Å². The van der Waals surface area contributed by atoms with Crippen molar-refractivity contribution in [2.45, 2.75) is 44.9 Å². The van der Waals surface area contributed by atoms with Crippen LogP contribution in [-0.4, -0.2) is 24.2 Å². The SMILES string of the molecule is CC(C)CCOc1ccc(CNCC2CCCS2)cc1. The van der Waals surface area contributed by atoms with Crippen LogP contribution in [0.3, 0.4) is 0 Å². The van der Waals surface area contributed by atoms with Gasteiger partial charge in [-0.15, -0.1) is 0 Å². The van der Waals surface area contributed by atoms with Crippen LogP contribution in [0.25, 0.3) is 0 Å². The minimum atomic E-state index is 0.701. The molecule has 1 N–H and O–H groups in total. The maximum absolute atomic E-state index is 5.73. The molecule has 1 atom stereocenters. The molecule has 0 aliphatic carbocycles. The Morgan fingerprint density at radius 1 is 1.30 bits per heavy atom. The van der Waals surface area contributed by atoms with Gasteiger partial charge in [-0.1, -0.05) is 26.0 Å². The highest BCUT2D eigenvalue weighted by Crippen LogP contribution is 2.25. The zero-order valence-corrected chi connectivity index (χ0v) is 13.5. The summed E-state index contributed by atoms with van der Waals surface area (Å²) in [7, 11) is 0. The molecule has 1 saturated heterocycles. The van der Waals surface area contributed by atoms with E-state index in [9.17, 15) is 0 Å². The fraction of sp³-hybridized carbons (Fsp3) is 0.647. The summed E-state index contributed by atoms with van der Waals surface area (Å²) in [6.07, 6.45) is 3.88. The molecule has 0 bridgehead atoms. The van der Waals surface area contributed by atoms with Crippen LogP contribution in [-0.2, 0) is 6.54 Å². The maximum atomic E-state index is 5.73. The third-order valence-electron chi connectivity index (χ3n) is 3.61. The predicted molar refractivity (Wildman–Crippen MR) is 88.6 cm³/mol. The number of thioether (sulfide) groups is 1. The fourth-order valence-corrected chi connectivity index (χ4v) is 3.53. The van der Waals surface area contributed by atoms with Gasteiger partial charge in [-0.2, -0.15) is 11.8 Å². The Hall–Kier alpha value is -0.670. The van der Waals surface area contributed by atoms with Gasteiger partial charge in [0.15, 0.2) is 0 Å². The van der Waals surface area contributed by atoms with Crippen molar-refractivity contribution in [3.8, 4) is 5.75 Å². The highest BCUT2D eigenvalue weighted by atomic mass is 32.2. The molecule has 2 nitrogen and oxygen atoms in total. The zero-order valence-electron chi connectivity index (χ0n) is 12.7. The molecule has 1 aromatic rings. The van der Waals surface area contributed by atoms with Crippen LogP contribution < -0.4 is 10.1 Å². The molecule has 112 valence electrons. The minimum Gasteiger partial charge on any atom is -0.494 e. The molecule has 0 amide bonds. The second-order valence-electron chi connectivity index (χ2n) is 5.94.